The molecule has 0 atom stereocenters. The van der Waals surface area contributed by atoms with Gasteiger partial charge in [-0.25, -0.2) is 0 Å². The Morgan fingerprint density at radius 1 is 0.737 bits per heavy atom. The Kier molecular flexibility index (Phi) is 9.28. The first-order valence-electron chi connectivity index (χ1n) is 12.2. The van der Waals surface area contributed by atoms with E-state index < -0.39 is 5.97 Å². The highest BCUT2D eigenvalue weighted by molar-refractivity contribution is 5.92. The van der Waals surface area contributed by atoms with Crippen LogP contribution in [0.3, 0.4) is 0 Å². The minimum absolute atomic E-state index is 0.00951. The Hall–Kier alpha value is -4.85. The van der Waals surface area contributed by atoms with Crippen LogP contribution in [0.25, 0.3) is 0 Å². The number of rotatable bonds is 13. The molecule has 0 saturated carbocycles. The van der Waals surface area contributed by atoms with E-state index in [-0.39, 0.29) is 18.9 Å². The van der Waals surface area contributed by atoms with Crippen molar-refractivity contribution in [3.63, 3.8) is 0 Å². The minimum Gasteiger partial charge on any atom is -0.490 e. The summed E-state index contributed by atoms with van der Waals surface area (Å²) in [5.41, 5.74) is 1.92. The first-order chi connectivity index (χ1) is 18.6. The number of aliphatic carboxylic acids is 1. The van der Waals surface area contributed by atoms with E-state index in [0.29, 0.717) is 42.6 Å². The molecule has 0 aliphatic carbocycles. The molecular weight excluding hydrogens is 484 g/mol. The average Bonchev–Trinajstić information content (AvgIpc) is 2.95. The van der Waals surface area contributed by atoms with Gasteiger partial charge in [0.1, 0.15) is 41.9 Å². The second-order valence-corrected chi connectivity index (χ2v) is 8.31. The fraction of sp³-hybridized carbons (Fsp3) is 0.167. The van der Waals surface area contributed by atoms with Crippen molar-refractivity contribution in [2.45, 2.75) is 19.4 Å². The van der Waals surface area contributed by atoms with Crippen molar-refractivity contribution in [1.82, 2.24) is 10.3 Å². The van der Waals surface area contributed by atoms with Gasteiger partial charge >= 0.3 is 5.97 Å². The summed E-state index contributed by atoms with van der Waals surface area (Å²) in [6.07, 6.45) is 1.89. The maximum absolute atomic E-state index is 12.4. The lowest BCUT2D eigenvalue weighted by atomic mass is 10.0. The summed E-state index contributed by atoms with van der Waals surface area (Å²) in [5.74, 6) is 1.57. The van der Waals surface area contributed by atoms with Crippen LogP contribution in [0.5, 0.6) is 23.0 Å². The van der Waals surface area contributed by atoms with Gasteiger partial charge in [0, 0.05) is 19.2 Å². The molecule has 8 heteroatoms. The van der Waals surface area contributed by atoms with Gasteiger partial charge in [0.15, 0.2) is 0 Å². The molecule has 38 heavy (non-hydrogen) atoms. The van der Waals surface area contributed by atoms with E-state index in [4.69, 9.17) is 19.3 Å². The van der Waals surface area contributed by atoms with Crippen LogP contribution in [0.1, 0.15) is 28.0 Å². The third-order valence-corrected chi connectivity index (χ3v) is 5.55. The van der Waals surface area contributed by atoms with Crippen molar-refractivity contribution < 1.29 is 28.9 Å². The first kappa shape index (κ1) is 26.2. The van der Waals surface area contributed by atoms with Crippen LogP contribution in [0.15, 0.2) is 97.2 Å². The molecule has 0 saturated heterocycles. The molecule has 1 heterocycles. The zero-order valence-corrected chi connectivity index (χ0v) is 20.7. The number of pyridine rings is 1. The number of benzene rings is 3. The monoisotopic (exact) mass is 512 g/mol. The van der Waals surface area contributed by atoms with Crippen LogP contribution < -0.4 is 19.5 Å². The summed E-state index contributed by atoms with van der Waals surface area (Å²) in [6, 6.07) is 27.4. The number of nitrogens with one attached hydrogen (secondary N) is 1. The van der Waals surface area contributed by atoms with Crippen molar-refractivity contribution in [3.8, 4) is 23.0 Å². The van der Waals surface area contributed by atoms with Gasteiger partial charge < -0.3 is 24.6 Å². The molecule has 0 aliphatic heterocycles. The van der Waals surface area contributed by atoms with E-state index >= 15 is 0 Å². The smallest absolute Gasteiger partial charge is 0.303 e. The van der Waals surface area contributed by atoms with Crippen molar-refractivity contribution in [2.75, 3.05) is 13.2 Å². The van der Waals surface area contributed by atoms with Gasteiger partial charge in [-0.05, 0) is 78.2 Å². The van der Waals surface area contributed by atoms with Gasteiger partial charge in [0.2, 0.25) is 0 Å². The number of aromatic nitrogens is 1. The third kappa shape index (κ3) is 8.09. The summed E-state index contributed by atoms with van der Waals surface area (Å²) in [6.45, 7) is 0.845. The first-order valence-corrected chi connectivity index (χ1v) is 12.2. The van der Waals surface area contributed by atoms with E-state index in [1.807, 2.05) is 66.7 Å². The molecular formula is C30H28N2O6. The topological polar surface area (TPSA) is 107 Å². The molecule has 8 nitrogen and oxygen atoms in total. The Balaban J connectivity index is 1.30. The number of nitrogens with zero attached hydrogens (tertiary/aromatic N) is 1. The fourth-order valence-corrected chi connectivity index (χ4v) is 3.65. The van der Waals surface area contributed by atoms with Crippen molar-refractivity contribution in [2.24, 2.45) is 0 Å². The number of amides is 1. The van der Waals surface area contributed by atoms with Crippen LogP contribution in [0.2, 0.25) is 0 Å². The number of ether oxygens (including phenoxy) is 3. The number of hydrogen-bond acceptors (Lipinski definition) is 6. The second-order valence-electron chi connectivity index (χ2n) is 8.31. The highest BCUT2D eigenvalue weighted by atomic mass is 16.5. The van der Waals surface area contributed by atoms with Crippen molar-refractivity contribution >= 4 is 11.9 Å². The van der Waals surface area contributed by atoms with E-state index in [0.717, 1.165) is 16.9 Å². The van der Waals surface area contributed by atoms with E-state index in [2.05, 4.69) is 10.3 Å². The molecule has 4 rings (SSSR count). The van der Waals surface area contributed by atoms with Crippen LogP contribution in [0, 0.1) is 0 Å². The summed E-state index contributed by atoms with van der Waals surface area (Å²) in [7, 11) is 0. The van der Waals surface area contributed by atoms with Gasteiger partial charge in [-0.1, -0.05) is 30.3 Å². The molecule has 4 aromatic rings. The summed E-state index contributed by atoms with van der Waals surface area (Å²) >= 11 is 0. The zero-order valence-electron chi connectivity index (χ0n) is 20.7. The number of carboxylic acid groups (broad SMARTS) is 1. The molecule has 0 bridgehead atoms. The lowest BCUT2D eigenvalue weighted by molar-refractivity contribution is -0.136. The van der Waals surface area contributed by atoms with Crippen LogP contribution >= 0.6 is 0 Å². The maximum atomic E-state index is 12.4. The molecule has 1 aromatic heterocycles. The van der Waals surface area contributed by atoms with Crippen LogP contribution in [-0.2, 0) is 17.8 Å². The van der Waals surface area contributed by atoms with Gasteiger partial charge in [0.25, 0.3) is 5.91 Å². The number of hydrogen-bond donors (Lipinski definition) is 2. The van der Waals surface area contributed by atoms with Crippen LogP contribution in [0.4, 0.5) is 0 Å². The van der Waals surface area contributed by atoms with E-state index in [1.54, 1.807) is 30.5 Å². The number of carbonyl (C=O) groups excluding carboxylic acids is 1. The Labute approximate surface area is 220 Å². The van der Waals surface area contributed by atoms with Gasteiger partial charge in [-0.2, -0.15) is 0 Å². The maximum Gasteiger partial charge on any atom is 0.303 e. The third-order valence-electron chi connectivity index (χ3n) is 5.55. The Morgan fingerprint density at radius 2 is 1.39 bits per heavy atom. The van der Waals surface area contributed by atoms with E-state index in [9.17, 15) is 9.59 Å². The molecule has 0 fully saturated rings. The molecule has 194 valence electrons. The number of carbonyl (C=O) groups is 2. The number of aryl methyl sites for hydroxylation is 1. The SMILES string of the molecule is O=C(O)CCc1ccc(OCCOc2ccc(Oc3ccccc3)cc2)cc1CNC(=O)c1ccccn1. The Morgan fingerprint density at radius 3 is 2.11 bits per heavy atom. The molecule has 0 radical (unpaired) electrons. The summed E-state index contributed by atoms with van der Waals surface area (Å²) in [5, 5.41) is 11.9. The molecule has 3 aromatic carbocycles. The number of para-hydroxylation sites is 1. The van der Waals surface area contributed by atoms with E-state index in [1.165, 1.54) is 0 Å². The zero-order chi connectivity index (χ0) is 26.6. The molecule has 0 aliphatic rings. The predicted molar refractivity (Wildman–Crippen MR) is 142 cm³/mol. The highest BCUT2D eigenvalue weighted by Gasteiger charge is 2.11. The van der Waals surface area contributed by atoms with Crippen molar-refractivity contribution in [3.05, 3.63) is 114 Å². The lowest BCUT2D eigenvalue weighted by Gasteiger charge is -2.14. The molecule has 1 amide bonds. The number of carboxylic acids is 1. The molecule has 0 spiro atoms. The summed E-state index contributed by atoms with van der Waals surface area (Å²) in [4.78, 5) is 27.5. The van der Waals surface area contributed by atoms with Crippen LogP contribution in [-0.4, -0.2) is 35.2 Å². The molecule has 2 N–H and O–H groups in total. The molecule has 0 unspecified atom stereocenters. The Bertz CT molecular complexity index is 1330. The quantitative estimate of drug-likeness (QED) is 0.235. The highest BCUT2D eigenvalue weighted by Crippen LogP contribution is 2.24. The fourth-order valence-electron chi connectivity index (χ4n) is 3.65. The predicted octanol–water partition coefficient (Wildman–Crippen LogP) is 5.28. The standard InChI is InChI=1S/C30H28N2O6/c33-29(34)16-10-22-9-11-27(20-23(22)21-32-30(35)28-8-4-5-17-31-28)37-19-18-36-24-12-14-26(15-13-24)38-25-6-2-1-3-7-25/h1-9,11-15,17,20H,10,16,18-19,21H2,(H,32,35)(H,33,34). The normalized spacial score (nSPS) is 10.4. The van der Waals surface area contributed by atoms with Gasteiger partial charge in [-0.3, -0.25) is 14.6 Å². The second kappa shape index (κ2) is 13.5. The largest absolute Gasteiger partial charge is 0.490 e. The lowest BCUT2D eigenvalue weighted by Crippen LogP contribution is -2.24. The minimum atomic E-state index is -0.884. The average molecular weight is 513 g/mol. The summed E-state index contributed by atoms with van der Waals surface area (Å²) < 4.78 is 17.4. The van der Waals surface area contributed by atoms with Gasteiger partial charge in [-0.15, -0.1) is 0 Å². The van der Waals surface area contributed by atoms with Gasteiger partial charge in [0.05, 0.1) is 0 Å². The van der Waals surface area contributed by atoms with Crippen molar-refractivity contribution in [1.29, 1.82) is 0 Å².